The van der Waals surface area contributed by atoms with Gasteiger partial charge in [-0.1, -0.05) is 18.2 Å². The number of rotatable bonds is 0. The van der Waals surface area contributed by atoms with Gasteiger partial charge in [0.2, 0.25) is 5.72 Å². The SMILES string of the molecule is O=C1NC=CC2(CCc3ccccc3O2)N1. The third-order valence-electron chi connectivity index (χ3n) is 2.92. The van der Waals surface area contributed by atoms with E-state index in [1.165, 1.54) is 5.56 Å². The molecule has 0 aliphatic carbocycles. The lowest BCUT2D eigenvalue weighted by Crippen LogP contribution is -2.58. The predicted octanol–water partition coefficient (Wildman–Crippen LogP) is 1.53. The first-order valence-electron chi connectivity index (χ1n) is 5.31. The number of ether oxygens (including phenoxy) is 1. The van der Waals surface area contributed by atoms with Gasteiger partial charge in [-0.05, 0) is 24.1 Å². The van der Waals surface area contributed by atoms with Crippen LogP contribution in [0.4, 0.5) is 4.79 Å². The van der Waals surface area contributed by atoms with Crippen molar-refractivity contribution in [3.05, 3.63) is 42.1 Å². The maximum absolute atomic E-state index is 11.3. The van der Waals surface area contributed by atoms with Crippen LogP contribution >= 0.6 is 0 Å². The van der Waals surface area contributed by atoms with Gasteiger partial charge in [-0.2, -0.15) is 0 Å². The van der Waals surface area contributed by atoms with Gasteiger partial charge in [0.25, 0.3) is 0 Å². The molecule has 1 aromatic rings. The van der Waals surface area contributed by atoms with Crippen LogP contribution in [0.2, 0.25) is 0 Å². The largest absolute Gasteiger partial charge is 0.464 e. The highest BCUT2D eigenvalue weighted by Gasteiger charge is 2.37. The van der Waals surface area contributed by atoms with Gasteiger partial charge in [0.05, 0.1) is 0 Å². The molecule has 4 heteroatoms. The summed E-state index contributed by atoms with van der Waals surface area (Å²) >= 11 is 0. The second-order valence-corrected chi connectivity index (χ2v) is 4.03. The molecule has 1 aromatic carbocycles. The first-order chi connectivity index (χ1) is 7.77. The number of fused-ring (bicyclic) bond motifs is 1. The van der Waals surface area contributed by atoms with Crippen LogP contribution in [0, 0.1) is 0 Å². The number of hydrogen-bond donors (Lipinski definition) is 2. The number of para-hydroxylation sites is 1. The molecule has 2 amide bonds. The molecule has 2 heterocycles. The summed E-state index contributed by atoms with van der Waals surface area (Å²) in [4.78, 5) is 11.3. The van der Waals surface area contributed by atoms with Crippen LogP contribution in [0.3, 0.4) is 0 Å². The quantitative estimate of drug-likeness (QED) is 0.691. The molecule has 0 fully saturated rings. The molecule has 4 nitrogen and oxygen atoms in total. The zero-order valence-electron chi connectivity index (χ0n) is 8.69. The first-order valence-corrected chi connectivity index (χ1v) is 5.31. The molecule has 0 radical (unpaired) electrons. The fourth-order valence-electron chi connectivity index (χ4n) is 2.10. The van der Waals surface area contributed by atoms with Crippen molar-refractivity contribution in [2.75, 3.05) is 0 Å². The highest BCUT2D eigenvalue weighted by Crippen LogP contribution is 2.32. The Morgan fingerprint density at radius 1 is 1.31 bits per heavy atom. The lowest BCUT2D eigenvalue weighted by Gasteiger charge is -2.38. The summed E-state index contributed by atoms with van der Waals surface area (Å²) in [5, 5.41) is 5.38. The number of carbonyl (C=O) groups is 1. The number of nitrogens with one attached hydrogen (secondary N) is 2. The zero-order valence-corrected chi connectivity index (χ0v) is 8.69. The fourth-order valence-corrected chi connectivity index (χ4v) is 2.10. The van der Waals surface area contributed by atoms with Crippen LogP contribution in [0.1, 0.15) is 12.0 Å². The van der Waals surface area contributed by atoms with Crippen molar-refractivity contribution in [2.24, 2.45) is 0 Å². The van der Waals surface area contributed by atoms with Gasteiger partial charge in [-0.3, -0.25) is 5.32 Å². The lowest BCUT2D eigenvalue weighted by molar-refractivity contribution is 0.0657. The Labute approximate surface area is 93.3 Å². The minimum atomic E-state index is -0.670. The smallest absolute Gasteiger partial charge is 0.322 e. The zero-order chi connectivity index (χ0) is 11.0. The summed E-state index contributed by atoms with van der Waals surface area (Å²) in [5.41, 5.74) is 0.519. The molecule has 0 bridgehead atoms. The molecule has 2 aliphatic heterocycles. The molecule has 0 saturated heterocycles. The molecule has 16 heavy (non-hydrogen) atoms. The van der Waals surface area contributed by atoms with Crippen LogP contribution in [0.15, 0.2) is 36.5 Å². The summed E-state index contributed by atoms with van der Waals surface area (Å²) in [7, 11) is 0. The Morgan fingerprint density at radius 3 is 3.06 bits per heavy atom. The van der Waals surface area contributed by atoms with Gasteiger partial charge in [0.1, 0.15) is 5.75 Å². The average molecular weight is 216 g/mol. The van der Waals surface area contributed by atoms with E-state index < -0.39 is 5.72 Å². The molecule has 2 aliphatic rings. The molecular weight excluding hydrogens is 204 g/mol. The molecule has 0 saturated carbocycles. The normalized spacial score (nSPS) is 26.6. The monoisotopic (exact) mass is 216 g/mol. The fraction of sp³-hybridized carbons (Fsp3) is 0.250. The molecule has 3 rings (SSSR count). The lowest BCUT2D eigenvalue weighted by atomic mass is 9.97. The van der Waals surface area contributed by atoms with E-state index in [1.54, 1.807) is 6.20 Å². The second kappa shape index (κ2) is 3.27. The number of urea groups is 1. The van der Waals surface area contributed by atoms with Gasteiger partial charge in [-0.25, -0.2) is 4.79 Å². The Bertz CT molecular complexity index is 470. The van der Waals surface area contributed by atoms with E-state index in [0.29, 0.717) is 0 Å². The van der Waals surface area contributed by atoms with E-state index in [2.05, 4.69) is 16.7 Å². The Balaban J connectivity index is 1.95. The van der Waals surface area contributed by atoms with E-state index in [4.69, 9.17) is 4.74 Å². The first kappa shape index (κ1) is 9.27. The standard InChI is InChI=1S/C12H12N2O2/c15-11-13-8-7-12(14-11)6-5-9-3-1-2-4-10(9)16-12/h1-4,7-8H,5-6H2,(H2,13,14,15). The summed E-state index contributed by atoms with van der Waals surface area (Å²) in [5.74, 6) is 0.848. The minimum absolute atomic E-state index is 0.220. The maximum Gasteiger partial charge on any atom is 0.322 e. The molecule has 82 valence electrons. The molecule has 1 atom stereocenters. The molecule has 2 N–H and O–H groups in total. The van der Waals surface area contributed by atoms with Gasteiger partial charge < -0.3 is 10.1 Å². The number of amides is 2. The van der Waals surface area contributed by atoms with Gasteiger partial charge >= 0.3 is 6.03 Å². The third kappa shape index (κ3) is 1.43. The maximum atomic E-state index is 11.3. The van der Waals surface area contributed by atoms with Crippen LogP contribution < -0.4 is 15.4 Å². The topological polar surface area (TPSA) is 50.4 Å². The summed E-state index contributed by atoms with van der Waals surface area (Å²) < 4.78 is 5.87. The Morgan fingerprint density at radius 2 is 2.19 bits per heavy atom. The van der Waals surface area contributed by atoms with Crippen molar-refractivity contribution in [2.45, 2.75) is 18.6 Å². The highest BCUT2D eigenvalue weighted by molar-refractivity contribution is 5.77. The van der Waals surface area contributed by atoms with Crippen LogP contribution in [-0.4, -0.2) is 11.8 Å². The Hall–Kier alpha value is -1.97. The van der Waals surface area contributed by atoms with Gasteiger partial charge in [-0.15, -0.1) is 0 Å². The van der Waals surface area contributed by atoms with E-state index in [9.17, 15) is 4.79 Å². The average Bonchev–Trinajstić information content (AvgIpc) is 2.28. The molecule has 1 spiro atoms. The number of aryl methyl sites for hydroxylation is 1. The van der Waals surface area contributed by atoms with E-state index in [0.717, 1.165) is 18.6 Å². The van der Waals surface area contributed by atoms with E-state index >= 15 is 0 Å². The Kier molecular flexibility index (Phi) is 1.89. The molecule has 0 aromatic heterocycles. The van der Waals surface area contributed by atoms with Crippen molar-refractivity contribution in [3.63, 3.8) is 0 Å². The minimum Gasteiger partial charge on any atom is -0.464 e. The molecule has 1 unspecified atom stereocenters. The van der Waals surface area contributed by atoms with Gasteiger partial charge in [0.15, 0.2) is 0 Å². The molecular formula is C12H12N2O2. The van der Waals surface area contributed by atoms with Crippen molar-refractivity contribution in [3.8, 4) is 5.75 Å². The van der Waals surface area contributed by atoms with Crippen molar-refractivity contribution < 1.29 is 9.53 Å². The third-order valence-corrected chi connectivity index (χ3v) is 2.92. The number of hydrogen-bond acceptors (Lipinski definition) is 2. The van der Waals surface area contributed by atoms with Crippen molar-refractivity contribution >= 4 is 6.03 Å². The van der Waals surface area contributed by atoms with E-state index in [-0.39, 0.29) is 6.03 Å². The van der Waals surface area contributed by atoms with Crippen LogP contribution in [0.5, 0.6) is 5.75 Å². The number of carbonyl (C=O) groups excluding carboxylic acids is 1. The number of benzene rings is 1. The van der Waals surface area contributed by atoms with Crippen molar-refractivity contribution in [1.82, 2.24) is 10.6 Å². The van der Waals surface area contributed by atoms with Crippen LogP contribution in [-0.2, 0) is 6.42 Å². The van der Waals surface area contributed by atoms with E-state index in [1.807, 2.05) is 24.3 Å². The van der Waals surface area contributed by atoms with Gasteiger partial charge in [0, 0.05) is 12.6 Å². The summed E-state index contributed by atoms with van der Waals surface area (Å²) in [6, 6.07) is 7.69. The summed E-state index contributed by atoms with van der Waals surface area (Å²) in [6.07, 6.45) is 5.14. The summed E-state index contributed by atoms with van der Waals surface area (Å²) in [6.45, 7) is 0. The predicted molar refractivity (Wildman–Crippen MR) is 58.9 cm³/mol. The second-order valence-electron chi connectivity index (χ2n) is 4.03. The van der Waals surface area contributed by atoms with Crippen molar-refractivity contribution in [1.29, 1.82) is 0 Å². The van der Waals surface area contributed by atoms with Crippen LogP contribution in [0.25, 0.3) is 0 Å². The highest BCUT2D eigenvalue weighted by atomic mass is 16.5.